The zero-order valence-electron chi connectivity index (χ0n) is 18.6. The fraction of sp³-hybridized carbons (Fsp3) is 0.864. The predicted octanol–water partition coefficient (Wildman–Crippen LogP) is 3.86. The van der Waals surface area contributed by atoms with E-state index in [1.807, 2.05) is 6.92 Å². The lowest BCUT2D eigenvalue weighted by Crippen LogP contribution is -2.37. The Labute approximate surface area is 175 Å². The van der Waals surface area contributed by atoms with Crippen molar-refractivity contribution in [1.82, 2.24) is 15.2 Å². The Balaban J connectivity index is 0.000000242. The summed E-state index contributed by atoms with van der Waals surface area (Å²) >= 11 is 0. The number of carbonyl (C=O) groups excluding carboxylic acids is 1. The standard InChI is InChI=1S/C14H23N3O2.2C4H8O/c1-8-5-9(2)14(10(3)6-8)19-13(18)7-12-15-11(4)16-17-12;2*1-2-4-5-3-1/h8-10,14H,5-7H2,1-4H3,(H,15,16,17);2*1-4H2. The molecule has 0 aromatic carbocycles. The van der Waals surface area contributed by atoms with Crippen molar-refractivity contribution in [2.24, 2.45) is 17.8 Å². The Bertz CT molecular complexity index is 547. The lowest BCUT2D eigenvalue weighted by molar-refractivity contribution is -0.157. The largest absolute Gasteiger partial charge is 0.461 e. The smallest absolute Gasteiger partial charge is 0.313 e. The van der Waals surface area contributed by atoms with Gasteiger partial charge in [0.25, 0.3) is 0 Å². The highest BCUT2D eigenvalue weighted by Gasteiger charge is 2.34. The number of hydrogen-bond donors (Lipinski definition) is 1. The van der Waals surface area contributed by atoms with E-state index in [1.165, 1.54) is 25.7 Å². The highest BCUT2D eigenvalue weighted by Crippen LogP contribution is 2.35. The Hall–Kier alpha value is -1.47. The molecule has 0 spiro atoms. The predicted molar refractivity (Wildman–Crippen MR) is 112 cm³/mol. The number of carbonyl (C=O) groups is 1. The minimum Gasteiger partial charge on any atom is -0.461 e. The molecule has 1 N–H and O–H groups in total. The molecule has 2 atom stereocenters. The second kappa shape index (κ2) is 13.0. The highest BCUT2D eigenvalue weighted by molar-refractivity contribution is 5.71. The van der Waals surface area contributed by atoms with Crippen LogP contribution in [0.5, 0.6) is 0 Å². The third kappa shape index (κ3) is 9.26. The van der Waals surface area contributed by atoms with Crippen molar-refractivity contribution in [3.63, 3.8) is 0 Å². The molecule has 0 radical (unpaired) electrons. The molecule has 1 saturated carbocycles. The lowest BCUT2D eigenvalue weighted by atomic mass is 9.75. The summed E-state index contributed by atoms with van der Waals surface area (Å²) in [5, 5.41) is 6.69. The number of nitrogens with zero attached hydrogens (tertiary/aromatic N) is 2. The van der Waals surface area contributed by atoms with E-state index in [-0.39, 0.29) is 18.5 Å². The topological polar surface area (TPSA) is 86.3 Å². The summed E-state index contributed by atoms with van der Waals surface area (Å²) in [7, 11) is 0. The third-order valence-corrected chi connectivity index (χ3v) is 5.54. The maximum atomic E-state index is 11.9. The first-order chi connectivity index (χ1) is 14.0. The van der Waals surface area contributed by atoms with E-state index in [0.717, 1.165) is 51.0 Å². The van der Waals surface area contributed by atoms with Crippen LogP contribution in [0.25, 0.3) is 0 Å². The van der Waals surface area contributed by atoms with Gasteiger partial charge in [-0.3, -0.25) is 9.89 Å². The second-order valence-electron chi connectivity index (χ2n) is 8.64. The zero-order chi connectivity index (χ0) is 21.1. The summed E-state index contributed by atoms with van der Waals surface area (Å²) in [6.45, 7) is 12.4. The fourth-order valence-corrected chi connectivity index (χ4v) is 4.24. The van der Waals surface area contributed by atoms with Crippen LogP contribution in [0.3, 0.4) is 0 Å². The first-order valence-corrected chi connectivity index (χ1v) is 11.2. The monoisotopic (exact) mass is 409 g/mol. The van der Waals surface area contributed by atoms with Crippen LogP contribution in [0.15, 0.2) is 0 Å². The zero-order valence-corrected chi connectivity index (χ0v) is 18.6. The van der Waals surface area contributed by atoms with Crippen molar-refractivity contribution in [1.29, 1.82) is 0 Å². The summed E-state index contributed by atoms with van der Waals surface area (Å²) in [6, 6.07) is 0. The molecule has 1 aliphatic carbocycles. The number of nitrogens with one attached hydrogen (secondary N) is 1. The molecule has 3 heterocycles. The number of hydrogen-bond acceptors (Lipinski definition) is 6. The molecule has 4 rings (SSSR count). The van der Waals surface area contributed by atoms with Crippen LogP contribution in [0.1, 0.15) is 70.9 Å². The van der Waals surface area contributed by atoms with Crippen LogP contribution in [0.4, 0.5) is 0 Å². The van der Waals surface area contributed by atoms with Crippen LogP contribution in [0, 0.1) is 24.7 Å². The SMILES string of the molecule is C1CCOC1.C1CCOC1.Cc1nc(CC(=O)OC2C(C)CC(C)CC2C)n[nH]1. The van der Waals surface area contributed by atoms with Crippen molar-refractivity contribution < 1.29 is 19.0 Å². The van der Waals surface area contributed by atoms with Gasteiger partial charge in [0.05, 0.1) is 0 Å². The van der Waals surface area contributed by atoms with Crippen LogP contribution in [-0.2, 0) is 25.4 Å². The van der Waals surface area contributed by atoms with Crippen molar-refractivity contribution in [2.75, 3.05) is 26.4 Å². The average molecular weight is 410 g/mol. The highest BCUT2D eigenvalue weighted by atomic mass is 16.5. The van der Waals surface area contributed by atoms with Crippen molar-refractivity contribution in [3.05, 3.63) is 11.6 Å². The first kappa shape index (κ1) is 23.8. The molecule has 1 aromatic rings. The summed E-state index contributed by atoms with van der Waals surface area (Å²) in [5.41, 5.74) is 0. The maximum absolute atomic E-state index is 11.9. The van der Waals surface area contributed by atoms with Gasteiger partial charge in [0.1, 0.15) is 18.3 Å². The Kier molecular flexibility index (Phi) is 10.6. The van der Waals surface area contributed by atoms with Crippen LogP contribution < -0.4 is 0 Å². The van der Waals surface area contributed by atoms with Gasteiger partial charge in [0, 0.05) is 26.4 Å². The lowest BCUT2D eigenvalue weighted by Gasteiger charge is -2.37. The molecule has 3 fully saturated rings. The number of H-pyrrole nitrogens is 1. The van der Waals surface area contributed by atoms with Gasteiger partial charge in [-0.25, -0.2) is 4.98 Å². The van der Waals surface area contributed by atoms with Gasteiger partial charge in [0.15, 0.2) is 5.82 Å². The molecule has 29 heavy (non-hydrogen) atoms. The van der Waals surface area contributed by atoms with Crippen LogP contribution in [-0.4, -0.2) is 53.7 Å². The van der Waals surface area contributed by atoms with Gasteiger partial charge in [-0.05, 0) is 63.2 Å². The summed E-state index contributed by atoms with van der Waals surface area (Å²) in [6.07, 6.45) is 7.55. The van der Waals surface area contributed by atoms with E-state index >= 15 is 0 Å². The Morgan fingerprint density at radius 1 is 1.00 bits per heavy atom. The molecule has 1 aromatic heterocycles. The van der Waals surface area contributed by atoms with Gasteiger partial charge in [-0.15, -0.1) is 0 Å². The molecule has 2 unspecified atom stereocenters. The van der Waals surface area contributed by atoms with Crippen molar-refractivity contribution in [3.8, 4) is 0 Å². The fourth-order valence-electron chi connectivity index (χ4n) is 4.24. The number of ether oxygens (including phenoxy) is 3. The van der Waals surface area contributed by atoms with Gasteiger partial charge in [-0.2, -0.15) is 5.10 Å². The molecule has 7 heteroatoms. The number of esters is 1. The summed E-state index contributed by atoms with van der Waals surface area (Å²) in [5.74, 6) is 2.57. The molecule has 0 bridgehead atoms. The third-order valence-electron chi connectivity index (χ3n) is 5.54. The van der Waals surface area contributed by atoms with Crippen LogP contribution >= 0.6 is 0 Å². The Morgan fingerprint density at radius 2 is 1.52 bits per heavy atom. The van der Waals surface area contributed by atoms with Gasteiger partial charge >= 0.3 is 5.97 Å². The molecule has 3 aliphatic rings. The minimum atomic E-state index is -0.225. The quantitative estimate of drug-likeness (QED) is 0.763. The van der Waals surface area contributed by atoms with Gasteiger partial charge in [0.2, 0.25) is 0 Å². The van der Waals surface area contributed by atoms with E-state index in [0.29, 0.717) is 17.7 Å². The summed E-state index contributed by atoms with van der Waals surface area (Å²) < 4.78 is 15.5. The molecule has 2 saturated heterocycles. The second-order valence-corrected chi connectivity index (χ2v) is 8.64. The van der Waals surface area contributed by atoms with Gasteiger partial charge < -0.3 is 14.2 Å². The van der Waals surface area contributed by atoms with Gasteiger partial charge in [-0.1, -0.05) is 20.8 Å². The number of rotatable bonds is 3. The summed E-state index contributed by atoms with van der Waals surface area (Å²) in [4.78, 5) is 16.1. The molecular formula is C22H39N3O4. The Morgan fingerprint density at radius 3 is 1.90 bits per heavy atom. The van der Waals surface area contributed by atoms with E-state index in [9.17, 15) is 4.79 Å². The molecule has 166 valence electrons. The van der Waals surface area contributed by atoms with E-state index < -0.39 is 0 Å². The minimum absolute atomic E-state index is 0.0312. The number of aromatic nitrogens is 3. The average Bonchev–Trinajstić information content (AvgIpc) is 3.43. The number of aryl methyl sites for hydroxylation is 1. The van der Waals surface area contributed by atoms with Crippen molar-refractivity contribution in [2.45, 2.75) is 78.7 Å². The molecule has 7 nitrogen and oxygen atoms in total. The van der Waals surface area contributed by atoms with E-state index in [2.05, 4.69) is 36.0 Å². The first-order valence-electron chi connectivity index (χ1n) is 11.2. The normalized spacial score (nSPS) is 28.7. The van der Waals surface area contributed by atoms with Crippen molar-refractivity contribution >= 4 is 5.97 Å². The van der Waals surface area contributed by atoms with E-state index in [4.69, 9.17) is 14.2 Å². The molecular weight excluding hydrogens is 370 g/mol. The maximum Gasteiger partial charge on any atom is 0.313 e. The van der Waals surface area contributed by atoms with E-state index in [1.54, 1.807) is 0 Å². The van der Waals surface area contributed by atoms with Crippen LogP contribution in [0.2, 0.25) is 0 Å². The molecule has 0 amide bonds. The number of aromatic amines is 1. The molecule has 2 aliphatic heterocycles.